The Morgan fingerprint density at radius 3 is 2.68 bits per heavy atom. The van der Waals surface area contributed by atoms with E-state index in [-0.39, 0.29) is 30.4 Å². The van der Waals surface area contributed by atoms with E-state index in [0.717, 1.165) is 0 Å². The second kappa shape index (κ2) is 7.03. The Labute approximate surface area is 141 Å². The van der Waals surface area contributed by atoms with E-state index in [4.69, 9.17) is 20.7 Å². The van der Waals surface area contributed by atoms with Gasteiger partial charge in [0.05, 0.1) is 12.9 Å². The topological polar surface area (TPSA) is 192 Å². The van der Waals surface area contributed by atoms with Crippen LogP contribution < -0.4 is 11.1 Å². The van der Waals surface area contributed by atoms with E-state index < -0.39 is 37.4 Å². The molecular weight excluding hydrogens is 336 g/mol. The van der Waals surface area contributed by atoms with Crippen molar-refractivity contribution in [1.29, 1.82) is 0 Å². The molecule has 0 aliphatic carbocycles. The maximum absolute atomic E-state index is 10.2. The van der Waals surface area contributed by atoms with Crippen molar-refractivity contribution in [1.82, 2.24) is 19.5 Å². The van der Waals surface area contributed by atoms with Crippen LogP contribution in [0.2, 0.25) is 0 Å². The zero-order valence-corrected chi connectivity index (χ0v) is 13.1. The van der Waals surface area contributed by atoms with Gasteiger partial charge in [-0.25, -0.2) is 4.98 Å². The second-order valence-corrected chi connectivity index (χ2v) is 5.68. The van der Waals surface area contributed by atoms with E-state index in [0.29, 0.717) is 5.52 Å². The molecule has 1 aliphatic heterocycles. The number of nitrogen functional groups attached to an aromatic ring is 1. The third kappa shape index (κ3) is 3.35. The second-order valence-electron chi connectivity index (χ2n) is 5.68. The molecule has 3 heterocycles. The molecule has 0 unspecified atom stereocenters. The minimum absolute atomic E-state index is 0.0620. The Hall–Kier alpha value is -2.09. The Kier molecular flexibility index (Phi) is 4.99. The van der Waals surface area contributed by atoms with Crippen LogP contribution in [0.1, 0.15) is 12.6 Å². The number of imidazole rings is 1. The van der Waals surface area contributed by atoms with Crippen molar-refractivity contribution in [2.75, 3.05) is 24.2 Å². The Morgan fingerprint density at radius 2 is 2.04 bits per heavy atom. The van der Waals surface area contributed by atoms with Crippen molar-refractivity contribution < 1.29 is 30.3 Å². The predicted octanol–water partition coefficient (Wildman–Crippen LogP) is -2.87. The number of aliphatic hydroxyl groups excluding tert-OH is 4. The van der Waals surface area contributed by atoms with Gasteiger partial charge in [-0.3, -0.25) is 4.57 Å². The summed E-state index contributed by atoms with van der Waals surface area (Å²) >= 11 is 0. The fourth-order valence-electron chi connectivity index (χ4n) is 2.67. The Bertz CT molecular complexity index is 739. The van der Waals surface area contributed by atoms with Crippen molar-refractivity contribution in [2.24, 2.45) is 0 Å². The van der Waals surface area contributed by atoms with Crippen LogP contribution in [-0.4, -0.2) is 82.8 Å². The van der Waals surface area contributed by atoms with E-state index >= 15 is 0 Å². The van der Waals surface area contributed by atoms with Gasteiger partial charge in [0.2, 0.25) is 5.95 Å². The fraction of sp³-hybridized carbons (Fsp3) is 0.615. The summed E-state index contributed by atoms with van der Waals surface area (Å²) in [5, 5.41) is 49.9. The van der Waals surface area contributed by atoms with Gasteiger partial charge in [-0.05, 0) is 0 Å². The van der Waals surface area contributed by atoms with Gasteiger partial charge < -0.3 is 41.3 Å². The molecule has 2 aromatic heterocycles. The van der Waals surface area contributed by atoms with Crippen molar-refractivity contribution in [3.63, 3.8) is 0 Å². The van der Waals surface area contributed by atoms with Gasteiger partial charge in [0.15, 0.2) is 29.5 Å². The largest absolute Gasteiger partial charge is 0.394 e. The first-order valence-corrected chi connectivity index (χ1v) is 7.65. The molecule has 1 aliphatic rings. The lowest BCUT2D eigenvalue weighted by molar-refractivity contribution is -0.0511. The van der Waals surface area contributed by atoms with Gasteiger partial charge in [0.25, 0.3) is 0 Å². The van der Waals surface area contributed by atoms with Crippen molar-refractivity contribution in [2.45, 2.75) is 37.3 Å². The van der Waals surface area contributed by atoms with Crippen molar-refractivity contribution in [3.8, 4) is 0 Å². The molecule has 25 heavy (non-hydrogen) atoms. The minimum Gasteiger partial charge on any atom is -0.394 e. The smallest absolute Gasteiger partial charge is 0.224 e. The quantitative estimate of drug-likeness (QED) is 0.263. The molecule has 138 valence electrons. The van der Waals surface area contributed by atoms with Crippen LogP contribution in [0.15, 0.2) is 6.33 Å². The first kappa shape index (κ1) is 17.7. The molecule has 0 bridgehead atoms. The number of nitrogens with one attached hydrogen (secondary N) is 1. The van der Waals surface area contributed by atoms with Crippen LogP contribution in [-0.2, 0) is 4.74 Å². The number of hydrogen-bond acceptors (Lipinski definition) is 11. The van der Waals surface area contributed by atoms with E-state index in [1.165, 1.54) is 10.9 Å². The zero-order valence-electron chi connectivity index (χ0n) is 13.1. The zero-order chi connectivity index (χ0) is 18.1. The Balaban J connectivity index is 1.92. The summed E-state index contributed by atoms with van der Waals surface area (Å²) in [4.78, 5) is 12.3. The van der Waals surface area contributed by atoms with Gasteiger partial charge >= 0.3 is 0 Å². The lowest BCUT2D eigenvalue weighted by atomic mass is 10.1. The SMILES string of the molecule is Nc1nc(NCCC(O)O)c2ncn([C@@H]3O[C@H](CO)[C@@H](O)[C@@H]3O)c2n1. The van der Waals surface area contributed by atoms with Crippen LogP contribution in [0.3, 0.4) is 0 Å². The standard InChI is InChI=1S/C13H20N6O6/c14-13-17-10(15-2-1-6(21)22)7-11(18-13)19(4-16-7)12-9(24)8(23)5(3-20)25-12/h4-6,8-9,12,20-24H,1-3H2,(H3,14,15,17,18)/t5-,8-,9+,12-/m1/s1. The number of rotatable bonds is 6. The number of anilines is 2. The third-order valence-electron chi connectivity index (χ3n) is 3.93. The first-order valence-electron chi connectivity index (χ1n) is 7.65. The highest BCUT2D eigenvalue weighted by atomic mass is 16.6. The molecular formula is C13H20N6O6. The summed E-state index contributed by atoms with van der Waals surface area (Å²) in [5.41, 5.74) is 6.30. The number of nitrogens with two attached hydrogens (primary N) is 1. The Morgan fingerprint density at radius 1 is 1.28 bits per heavy atom. The average molecular weight is 356 g/mol. The normalized spacial score (nSPS) is 26.6. The van der Waals surface area contributed by atoms with E-state index in [1.54, 1.807) is 0 Å². The lowest BCUT2D eigenvalue weighted by Crippen LogP contribution is -2.33. The summed E-state index contributed by atoms with van der Waals surface area (Å²) in [6.45, 7) is -0.237. The number of nitrogens with zero attached hydrogens (tertiary/aromatic N) is 4. The molecule has 0 saturated carbocycles. The number of aromatic nitrogens is 4. The monoisotopic (exact) mass is 356 g/mol. The molecule has 1 saturated heterocycles. The van der Waals surface area contributed by atoms with E-state index in [9.17, 15) is 15.3 Å². The van der Waals surface area contributed by atoms with Gasteiger partial charge in [-0.15, -0.1) is 0 Å². The van der Waals surface area contributed by atoms with Crippen molar-refractivity contribution >= 4 is 22.9 Å². The summed E-state index contributed by atoms with van der Waals surface area (Å²) in [6, 6.07) is 0. The summed E-state index contributed by atoms with van der Waals surface area (Å²) in [7, 11) is 0. The molecule has 4 atom stereocenters. The third-order valence-corrected chi connectivity index (χ3v) is 3.93. The molecule has 8 N–H and O–H groups in total. The predicted molar refractivity (Wildman–Crippen MR) is 84.1 cm³/mol. The molecule has 0 radical (unpaired) electrons. The van der Waals surface area contributed by atoms with Crippen LogP contribution in [0.4, 0.5) is 11.8 Å². The molecule has 1 fully saturated rings. The maximum atomic E-state index is 10.2. The number of hydrogen-bond donors (Lipinski definition) is 7. The molecule has 0 aromatic carbocycles. The highest BCUT2D eigenvalue weighted by molar-refractivity contribution is 5.84. The van der Waals surface area contributed by atoms with Crippen LogP contribution in [0.5, 0.6) is 0 Å². The molecule has 0 spiro atoms. The van der Waals surface area contributed by atoms with Crippen LogP contribution in [0.25, 0.3) is 11.2 Å². The van der Waals surface area contributed by atoms with E-state index in [1.807, 2.05) is 0 Å². The average Bonchev–Trinajstić information content (AvgIpc) is 3.09. The molecule has 0 amide bonds. The molecule has 3 rings (SSSR count). The van der Waals surface area contributed by atoms with Crippen LogP contribution >= 0.6 is 0 Å². The summed E-state index contributed by atoms with van der Waals surface area (Å²) < 4.78 is 6.86. The van der Waals surface area contributed by atoms with Gasteiger partial charge in [-0.2, -0.15) is 9.97 Å². The highest BCUT2D eigenvalue weighted by Gasteiger charge is 2.44. The summed E-state index contributed by atoms with van der Waals surface area (Å²) in [6.07, 6.45) is -4.51. The highest BCUT2D eigenvalue weighted by Crippen LogP contribution is 2.32. The molecule has 12 heteroatoms. The summed E-state index contributed by atoms with van der Waals surface area (Å²) in [5.74, 6) is 0.224. The maximum Gasteiger partial charge on any atom is 0.224 e. The number of fused-ring (bicyclic) bond motifs is 1. The fourth-order valence-corrected chi connectivity index (χ4v) is 2.67. The van der Waals surface area contributed by atoms with Crippen LogP contribution in [0, 0.1) is 0 Å². The van der Waals surface area contributed by atoms with Crippen molar-refractivity contribution in [3.05, 3.63) is 6.33 Å². The van der Waals surface area contributed by atoms with E-state index in [2.05, 4.69) is 20.3 Å². The lowest BCUT2D eigenvalue weighted by Gasteiger charge is -2.16. The molecule has 2 aromatic rings. The van der Waals surface area contributed by atoms with Gasteiger partial charge in [0.1, 0.15) is 18.3 Å². The number of aliphatic hydroxyl groups is 5. The molecule has 12 nitrogen and oxygen atoms in total. The van der Waals surface area contributed by atoms with Gasteiger partial charge in [-0.1, -0.05) is 0 Å². The van der Waals surface area contributed by atoms with Gasteiger partial charge in [0, 0.05) is 13.0 Å². The number of ether oxygens (including phenoxy) is 1. The first-order chi connectivity index (χ1) is 11.9. The minimum atomic E-state index is -1.46.